The van der Waals surface area contributed by atoms with Crippen molar-refractivity contribution < 1.29 is 9.53 Å². The van der Waals surface area contributed by atoms with Gasteiger partial charge in [-0.2, -0.15) is 0 Å². The smallest absolute Gasteiger partial charge is 0.309 e. The highest BCUT2D eigenvalue weighted by molar-refractivity contribution is 7.16. The Bertz CT molecular complexity index is 861. The molecule has 0 saturated heterocycles. The van der Waals surface area contributed by atoms with Gasteiger partial charge < -0.3 is 9.64 Å². The molecular formula is C24H32N2O2S. The van der Waals surface area contributed by atoms with Crippen LogP contribution in [0.3, 0.4) is 0 Å². The molecule has 4 nitrogen and oxygen atoms in total. The molecule has 1 heterocycles. The number of ether oxygens (including phenoxy) is 1. The Kier molecular flexibility index (Phi) is 5.22. The van der Waals surface area contributed by atoms with Gasteiger partial charge in [-0.15, -0.1) is 11.3 Å². The molecule has 0 unspecified atom stereocenters. The number of aromatic nitrogens is 1. The molecule has 0 radical (unpaired) electrons. The predicted molar refractivity (Wildman–Crippen MR) is 119 cm³/mol. The van der Waals surface area contributed by atoms with E-state index in [4.69, 9.17) is 9.72 Å². The van der Waals surface area contributed by atoms with Crippen LogP contribution in [0.2, 0.25) is 0 Å². The van der Waals surface area contributed by atoms with E-state index in [-0.39, 0.29) is 16.8 Å². The van der Waals surface area contributed by atoms with Crippen LogP contribution in [0.5, 0.6) is 0 Å². The van der Waals surface area contributed by atoms with Crippen molar-refractivity contribution in [3.63, 3.8) is 0 Å². The highest BCUT2D eigenvalue weighted by atomic mass is 32.1. The molecule has 2 aliphatic rings. The molecule has 0 atom stereocenters. The van der Waals surface area contributed by atoms with Crippen LogP contribution in [0.25, 0.3) is 0 Å². The Morgan fingerprint density at radius 1 is 1.14 bits per heavy atom. The summed E-state index contributed by atoms with van der Waals surface area (Å²) in [6.07, 6.45) is 5.31. The van der Waals surface area contributed by atoms with E-state index in [1.807, 2.05) is 23.5 Å². The van der Waals surface area contributed by atoms with Gasteiger partial charge in [-0.1, -0.05) is 39.8 Å². The van der Waals surface area contributed by atoms with Gasteiger partial charge in [-0.25, -0.2) is 4.98 Å². The number of anilines is 2. The molecule has 2 aromatic rings. The number of fused-ring (bicyclic) bond motifs is 1. The number of rotatable bonds is 6. The summed E-state index contributed by atoms with van der Waals surface area (Å²) in [6, 6.07) is 8.32. The lowest BCUT2D eigenvalue weighted by atomic mass is 9.69. The first-order valence-electron chi connectivity index (χ1n) is 10.6. The normalized spacial score (nSPS) is 19.5. The van der Waals surface area contributed by atoms with Gasteiger partial charge in [0.05, 0.1) is 19.2 Å². The first-order valence-corrected chi connectivity index (χ1v) is 11.5. The van der Waals surface area contributed by atoms with Crippen LogP contribution in [0.15, 0.2) is 24.3 Å². The van der Waals surface area contributed by atoms with E-state index >= 15 is 0 Å². The van der Waals surface area contributed by atoms with Crippen LogP contribution in [-0.2, 0) is 26.8 Å². The van der Waals surface area contributed by atoms with Crippen molar-refractivity contribution in [3.8, 4) is 0 Å². The van der Waals surface area contributed by atoms with Crippen molar-refractivity contribution in [2.24, 2.45) is 5.92 Å². The van der Waals surface area contributed by atoms with Crippen LogP contribution in [-0.4, -0.2) is 24.6 Å². The number of esters is 1. The van der Waals surface area contributed by atoms with Gasteiger partial charge in [-0.05, 0) is 49.3 Å². The fourth-order valence-corrected chi connectivity index (χ4v) is 5.49. The van der Waals surface area contributed by atoms with Crippen LogP contribution in [0.4, 0.5) is 10.8 Å². The van der Waals surface area contributed by atoms with E-state index in [9.17, 15) is 4.79 Å². The second-order valence-corrected chi connectivity index (χ2v) is 10.9. The highest BCUT2D eigenvalue weighted by Gasteiger charge is 2.41. The summed E-state index contributed by atoms with van der Waals surface area (Å²) >= 11 is 1.88. The maximum absolute atomic E-state index is 11.6. The average molecular weight is 413 g/mol. The molecule has 29 heavy (non-hydrogen) atoms. The first-order chi connectivity index (χ1) is 13.7. The van der Waals surface area contributed by atoms with E-state index in [0.29, 0.717) is 6.42 Å². The van der Waals surface area contributed by atoms with Gasteiger partial charge in [0.1, 0.15) is 0 Å². The molecule has 0 bridgehead atoms. The van der Waals surface area contributed by atoms with Crippen molar-refractivity contribution in [2.45, 2.75) is 70.6 Å². The molecule has 4 rings (SSSR count). The maximum atomic E-state index is 11.6. The average Bonchev–Trinajstić information content (AvgIpc) is 3.38. The molecule has 1 aromatic heterocycles. The standard InChI is InChI=1S/C24H32N2O2S/c1-23(2)12-13-24(3,4)21-20(23)25-22(29-21)26(15-17-6-7-17)18-10-8-16(9-11-18)14-19(27)28-5/h8-11,17H,6-7,12-15H2,1-5H3. The number of carbonyl (C=O) groups is 1. The van der Waals surface area contributed by atoms with Crippen LogP contribution in [0.1, 0.15) is 69.5 Å². The molecule has 0 N–H and O–H groups in total. The molecule has 0 spiro atoms. The van der Waals surface area contributed by atoms with Gasteiger partial charge in [0.25, 0.3) is 0 Å². The number of methoxy groups -OCH3 is 1. The maximum Gasteiger partial charge on any atom is 0.309 e. The number of hydrogen-bond acceptors (Lipinski definition) is 5. The summed E-state index contributed by atoms with van der Waals surface area (Å²) in [5.74, 6) is 0.552. The van der Waals surface area contributed by atoms with E-state index in [1.165, 1.54) is 43.4 Å². The minimum absolute atomic E-state index is 0.134. The lowest BCUT2D eigenvalue weighted by molar-refractivity contribution is -0.139. The van der Waals surface area contributed by atoms with Crippen molar-refractivity contribution in [1.82, 2.24) is 4.98 Å². The zero-order valence-corrected chi connectivity index (χ0v) is 19.1. The second-order valence-electron chi connectivity index (χ2n) is 9.92. The van der Waals surface area contributed by atoms with Crippen LogP contribution >= 0.6 is 11.3 Å². The molecule has 2 aliphatic carbocycles. The summed E-state index contributed by atoms with van der Waals surface area (Å²) in [5, 5.41) is 1.12. The molecule has 1 saturated carbocycles. The Balaban J connectivity index is 1.68. The Morgan fingerprint density at radius 3 is 2.38 bits per heavy atom. The lowest BCUT2D eigenvalue weighted by Gasteiger charge is -2.37. The molecular weight excluding hydrogens is 380 g/mol. The molecule has 0 amide bonds. The number of nitrogens with zero attached hydrogens (tertiary/aromatic N) is 2. The van der Waals surface area contributed by atoms with Crippen molar-refractivity contribution >= 4 is 28.1 Å². The largest absolute Gasteiger partial charge is 0.469 e. The van der Waals surface area contributed by atoms with E-state index in [2.05, 4.69) is 44.7 Å². The minimum atomic E-state index is -0.204. The summed E-state index contributed by atoms with van der Waals surface area (Å²) in [6.45, 7) is 10.4. The summed E-state index contributed by atoms with van der Waals surface area (Å²) in [7, 11) is 1.43. The summed E-state index contributed by atoms with van der Waals surface area (Å²) in [5.41, 5.74) is 3.75. The quantitative estimate of drug-likeness (QED) is 0.566. The van der Waals surface area contributed by atoms with E-state index in [0.717, 1.165) is 28.8 Å². The topological polar surface area (TPSA) is 42.4 Å². The van der Waals surface area contributed by atoms with Crippen LogP contribution < -0.4 is 4.90 Å². The van der Waals surface area contributed by atoms with Gasteiger partial charge in [-0.3, -0.25) is 4.79 Å². The highest BCUT2D eigenvalue weighted by Crippen LogP contribution is 2.50. The lowest BCUT2D eigenvalue weighted by Crippen LogP contribution is -2.32. The molecule has 1 fully saturated rings. The summed E-state index contributed by atoms with van der Waals surface area (Å²) < 4.78 is 4.79. The third-order valence-electron chi connectivity index (χ3n) is 6.44. The van der Waals surface area contributed by atoms with E-state index in [1.54, 1.807) is 0 Å². The predicted octanol–water partition coefficient (Wildman–Crippen LogP) is 5.76. The third-order valence-corrected chi connectivity index (χ3v) is 7.88. The minimum Gasteiger partial charge on any atom is -0.469 e. The number of hydrogen-bond donors (Lipinski definition) is 0. The fourth-order valence-electron chi connectivity index (χ4n) is 4.08. The Labute approximate surface area is 178 Å². The molecule has 1 aromatic carbocycles. The molecule has 5 heteroatoms. The zero-order chi connectivity index (χ0) is 20.8. The van der Waals surface area contributed by atoms with E-state index < -0.39 is 0 Å². The van der Waals surface area contributed by atoms with Crippen LogP contribution in [0, 0.1) is 5.92 Å². The number of carbonyl (C=O) groups excluding carboxylic acids is 1. The SMILES string of the molecule is COC(=O)Cc1ccc(N(CC2CC2)c2nc3c(s2)C(C)(C)CCC3(C)C)cc1. The second kappa shape index (κ2) is 7.42. The van der Waals surface area contributed by atoms with Crippen molar-refractivity contribution in [3.05, 3.63) is 40.4 Å². The van der Waals surface area contributed by atoms with Crippen molar-refractivity contribution in [1.29, 1.82) is 0 Å². The van der Waals surface area contributed by atoms with Gasteiger partial charge >= 0.3 is 5.97 Å². The van der Waals surface area contributed by atoms with Crippen molar-refractivity contribution in [2.75, 3.05) is 18.6 Å². The Morgan fingerprint density at radius 2 is 1.79 bits per heavy atom. The molecule has 156 valence electrons. The molecule has 0 aliphatic heterocycles. The fraction of sp³-hybridized carbons (Fsp3) is 0.583. The summed E-state index contributed by atoms with van der Waals surface area (Å²) in [4.78, 5) is 20.6. The monoisotopic (exact) mass is 412 g/mol. The Hall–Kier alpha value is -1.88. The number of benzene rings is 1. The first kappa shape index (κ1) is 20.4. The zero-order valence-electron chi connectivity index (χ0n) is 18.2. The van der Waals surface area contributed by atoms with Gasteiger partial charge in [0.15, 0.2) is 5.13 Å². The van der Waals surface area contributed by atoms with Gasteiger partial charge in [0, 0.05) is 27.9 Å². The third kappa shape index (κ3) is 4.20. The number of thiazole rings is 1. The van der Waals surface area contributed by atoms with Gasteiger partial charge in [0.2, 0.25) is 0 Å².